The largest absolute Gasteiger partial charge is 0.335 e. The molecule has 0 bridgehead atoms. The molecule has 0 atom stereocenters. The Morgan fingerprint density at radius 1 is 1.26 bits per heavy atom. The average Bonchev–Trinajstić information content (AvgIpc) is 2.75. The van der Waals surface area contributed by atoms with Gasteiger partial charge < -0.3 is 5.32 Å². The number of aryl methyl sites for hydroxylation is 1. The van der Waals surface area contributed by atoms with E-state index in [1.54, 1.807) is 4.57 Å². The minimum Gasteiger partial charge on any atom is -0.335 e. The lowest BCUT2D eigenvalue weighted by atomic mass is 9.96. The smallest absolute Gasteiger partial charge is 0.327 e. The van der Waals surface area contributed by atoms with Crippen molar-refractivity contribution in [2.45, 2.75) is 45.1 Å². The molecule has 0 saturated heterocycles. The van der Waals surface area contributed by atoms with Gasteiger partial charge in [0.1, 0.15) is 5.82 Å². The lowest BCUT2D eigenvalue weighted by molar-refractivity contribution is 0.234. The van der Waals surface area contributed by atoms with Crippen LogP contribution in [0, 0.1) is 6.92 Å². The molecule has 4 heteroatoms. The van der Waals surface area contributed by atoms with Crippen molar-refractivity contribution < 1.29 is 4.79 Å². The number of para-hydroxylation sites is 2. The number of imidazole rings is 1. The van der Waals surface area contributed by atoms with E-state index in [9.17, 15) is 4.79 Å². The van der Waals surface area contributed by atoms with Crippen LogP contribution >= 0.6 is 0 Å². The third-order valence-corrected chi connectivity index (χ3v) is 3.86. The van der Waals surface area contributed by atoms with E-state index < -0.39 is 0 Å². The van der Waals surface area contributed by atoms with Crippen LogP contribution in [0.25, 0.3) is 11.0 Å². The number of nitrogens with one attached hydrogen (secondary N) is 1. The molecule has 1 aliphatic carbocycles. The SMILES string of the molecule is Cc1nc2ccccc2n1C(=O)NC1CCCCC1. The maximum Gasteiger partial charge on any atom is 0.327 e. The zero-order valence-electron chi connectivity index (χ0n) is 11.2. The fourth-order valence-corrected chi connectivity index (χ4v) is 2.89. The van der Waals surface area contributed by atoms with Crippen LogP contribution in [0.3, 0.4) is 0 Å². The summed E-state index contributed by atoms with van der Waals surface area (Å²) in [5.74, 6) is 0.745. The predicted molar refractivity (Wildman–Crippen MR) is 75.3 cm³/mol. The van der Waals surface area contributed by atoms with E-state index in [2.05, 4.69) is 10.3 Å². The van der Waals surface area contributed by atoms with Gasteiger partial charge in [-0.3, -0.25) is 0 Å². The number of fused-ring (bicyclic) bond motifs is 1. The molecule has 0 radical (unpaired) electrons. The molecule has 1 amide bonds. The van der Waals surface area contributed by atoms with Crippen LogP contribution in [0.1, 0.15) is 37.9 Å². The highest BCUT2D eigenvalue weighted by atomic mass is 16.2. The first-order valence-electron chi connectivity index (χ1n) is 7.00. The first-order valence-corrected chi connectivity index (χ1v) is 7.00. The third-order valence-electron chi connectivity index (χ3n) is 3.86. The van der Waals surface area contributed by atoms with Crippen molar-refractivity contribution in [3.8, 4) is 0 Å². The number of amides is 1. The zero-order chi connectivity index (χ0) is 13.2. The van der Waals surface area contributed by atoms with Gasteiger partial charge in [-0.25, -0.2) is 14.3 Å². The average molecular weight is 257 g/mol. The quantitative estimate of drug-likeness (QED) is 0.852. The normalized spacial score (nSPS) is 16.7. The van der Waals surface area contributed by atoms with Gasteiger partial charge in [-0.05, 0) is 31.9 Å². The molecule has 1 aromatic heterocycles. The molecule has 100 valence electrons. The van der Waals surface area contributed by atoms with Crippen LogP contribution in [0.2, 0.25) is 0 Å². The van der Waals surface area contributed by atoms with Crippen molar-refractivity contribution in [2.75, 3.05) is 0 Å². The monoisotopic (exact) mass is 257 g/mol. The highest BCUT2D eigenvalue weighted by Crippen LogP contribution is 2.19. The van der Waals surface area contributed by atoms with Crippen molar-refractivity contribution in [1.82, 2.24) is 14.9 Å². The van der Waals surface area contributed by atoms with Crippen LogP contribution in [0.5, 0.6) is 0 Å². The molecule has 1 aromatic carbocycles. The number of hydrogen-bond donors (Lipinski definition) is 1. The van der Waals surface area contributed by atoms with Crippen molar-refractivity contribution in [2.24, 2.45) is 0 Å². The Bertz CT molecular complexity index is 596. The van der Waals surface area contributed by atoms with Gasteiger partial charge in [-0.1, -0.05) is 31.4 Å². The lowest BCUT2D eigenvalue weighted by Gasteiger charge is -2.23. The summed E-state index contributed by atoms with van der Waals surface area (Å²) in [6.45, 7) is 1.88. The summed E-state index contributed by atoms with van der Waals surface area (Å²) in [5.41, 5.74) is 1.76. The lowest BCUT2D eigenvalue weighted by Crippen LogP contribution is -2.39. The van der Waals surface area contributed by atoms with Crippen molar-refractivity contribution >= 4 is 17.1 Å². The van der Waals surface area contributed by atoms with E-state index in [0.717, 1.165) is 29.7 Å². The van der Waals surface area contributed by atoms with Gasteiger partial charge in [-0.15, -0.1) is 0 Å². The number of carbonyl (C=O) groups excluding carboxylic acids is 1. The van der Waals surface area contributed by atoms with Crippen molar-refractivity contribution in [3.63, 3.8) is 0 Å². The molecular formula is C15H19N3O. The van der Waals surface area contributed by atoms with Crippen molar-refractivity contribution in [3.05, 3.63) is 30.1 Å². The zero-order valence-corrected chi connectivity index (χ0v) is 11.2. The highest BCUT2D eigenvalue weighted by Gasteiger charge is 2.19. The van der Waals surface area contributed by atoms with Gasteiger partial charge in [0.05, 0.1) is 11.0 Å². The molecule has 1 fully saturated rings. The second-order valence-electron chi connectivity index (χ2n) is 5.27. The van der Waals surface area contributed by atoms with E-state index in [0.29, 0.717) is 6.04 Å². The van der Waals surface area contributed by atoms with Gasteiger partial charge in [-0.2, -0.15) is 0 Å². The summed E-state index contributed by atoms with van der Waals surface area (Å²) in [5, 5.41) is 3.14. The fourth-order valence-electron chi connectivity index (χ4n) is 2.89. The maximum absolute atomic E-state index is 12.4. The van der Waals surface area contributed by atoms with Crippen LogP contribution in [0.4, 0.5) is 4.79 Å². The van der Waals surface area contributed by atoms with Crippen LogP contribution < -0.4 is 5.32 Å². The first-order chi connectivity index (χ1) is 9.25. The topological polar surface area (TPSA) is 46.9 Å². The summed E-state index contributed by atoms with van der Waals surface area (Å²) < 4.78 is 1.68. The predicted octanol–water partition coefficient (Wildman–Crippen LogP) is 3.24. The molecule has 1 heterocycles. The molecule has 4 nitrogen and oxygen atoms in total. The van der Waals surface area contributed by atoms with Gasteiger partial charge in [0.25, 0.3) is 0 Å². The number of aromatic nitrogens is 2. The summed E-state index contributed by atoms with van der Waals surface area (Å²) in [6.07, 6.45) is 5.91. The van der Waals surface area contributed by atoms with Gasteiger partial charge in [0, 0.05) is 6.04 Å². The third kappa shape index (κ3) is 2.35. The van der Waals surface area contributed by atoms with Gasteiger partial charge >= 0.3 is 6.03 Å². The number of benzene rings is 1. The van der Waals surface area contributed by atoms with E-state index in [-0.39, 0.29) is 6.03 Å². The number of nitrogens with zero attached hydrogens (tertiary/aromatic N) is 2. The Hall–Kier alpha value is -1.84. The standard InChI is InChI=1S/C15H19N3O/c1-11-16-13-9-5-6-10-14(13)18(11)15(19)17-12-7-3-2-4-8-12/h5-6,9-10,12H,2-4,7-8H2,1H3,(H,17,19). The Balaban J connectivity index is 1.86. The first kappa shape index (κ1) is 12.2. The summed E-state index contributed by atoms with van der Waals surface area (Å²) >= 11 is 0. The fraction of sp³-hybridized carbons (Fsp3) is 0.467. The minimum absolute atomic E-state index is 0.0434. The van der Waals surface area contributed by atoms with Gasteiger partial charge in [0.15, 0.2) is 0 Å². The molecule has 1 aliphatic rings. The molecular weight excluding hydrogens is 238 g/mol. The Labute approximate surface area is 112 Å². The Kier molecular flexibility index (Phi) is 3.23. The van der Waals surface area contributed by atoms with E-state index in [4.69, 9.17) is 0 Å². The van der Waals surface area contributed by atoms with Crippen molar-refractivity contribution in [1.29, 1.82) is 0 Å². The molecule has 0 unspecified atom stereocenters. The maximum atomic E-state index is 12.4. The molecule has 19 heavy (non-hydrogen) atoms. The van der Waals surface area contributed by atoms with E-state index in [1.165, 1.54) is 19.3 Å². The van der Waals surface area contributed by atoms with E-state index >= 15 is 0 Å². The Morgan fingerprint density at radius 2 is 2.00 bits per heavy atom. The molecule has 0 spiro atoms. The number of rotatable bonds is 1. The second kappa shape index (κ2) is 5.03. The second-order valence-corrected chi connectivity index (χ2v) is 5.27. The van der Waals surface area contributed by atoms with Crippen LogP contribution in [0.15, 0.2) is 24.3 Å². The summed E-state index contributed by atoms with van der Waals surface area (Å²) in [6, 6.07) is 8.04. The molecule has 0 aliphatic heterocycles. The summed E-state index contributed by atoms with van der Waals surface area (Å²) in [4.78, 5) is 16.9. The van der Waals surface area contributed by atoms with Crippen LogP contribution in [-0.4, -0.2) is 21.6 Å². The number of hydrogen-bond acceptors (Lipinski definition) is 2. The van der Waals surface area contributed by atoms with E-state index in [1.807, 2.05) is 31.2 Å². The Morgan fingerprint density at radius 3 is 2.79 bits per heavy atom. The molecule has 3 rings (SSSR count). The number of carbonyl (C=O) groups is 1. The molecule has 1 saturated carbocycles. The minimum atomic E-state index is -0.0434. The summed E-state index contributed by atoms with van der Waals surface area (Å²) in [7, 11) is 0. The van der Waals surface area contributed by atoms with Crippen LogP contribution in [-0.2, 0) is 0 Å². The highest BCUT2D eigenvalue weighted by molar-refractivity contribution is 5.90. The molecule has 1 N–H and O–H groups in total. The molecule has 2 aromatic rings. The van der Waals surface area contributed by atoms with Gasteiger partial charge in [0.2, 0.25) is 0 Å².